The van der Waals surface area contributed by atoms with Gasteiger partial charge < -0.3 is 10.1 Å². The molecule has 1 aliphatic rings. The zero-order chi connectivity index (χ0) is 16.8. The van der Waals surface area contributed by atoms with Crippen LogP contribution in [0.5, 0.6) is 5.75 Å². The molecule has 1 aromatic rings. The Kier molecular flexibility index (Phi) is 6.33. The molecule has 0 radical (unpaired) electrons. The van der Waals surface area contributed by atoms with Crippen LogP contribution >= 0.6 is 0 Å². The van der Waals surface area contributed by atoms with E-state index < -0.39 is 6.61 Å². The molecule has 1 fully saturated rings. The molecular formula is C17H24F2N2O2. The van der Waals surface area contributed by atoms with Crippen molar-refractivity contribution >= 4 is 11.6 Å². The van der Waals surface area contributed by atoms with Crippen LogP contribution in [0.4, 0.5) is 14.5 Å². The largest absolute Gasteiger partial charge is 0.433 e. The Morgan fingerprint density at radius 3 is 2.65 bits per heavy atom. The number of benzene rings is 1. The zero-order valence-corrected chi connectivity index (χ0v) is 13.6. The van der Waals surface area contributed by atoms with Crippen LogP contribution in [-0.4, -0.2) is 36.5 Å². The number of rotatable bonds is 9. The summed E-state index contributed by atoms with van der Waals surface area (Å²) in [7, 11) is 0. The number of para-hydroxylation sites is 2. The van der Waals surface area contributed by atoms with Gasteiger partial charge in [-0.25, -0.2) is 0 Å². The normalized spacial score (nSPS) is 14.6. The van der Waals surface area contributed by atoms with E-state index in [4.69, 9.17) is 0 Å². The molecule has 1 aromatic carbocycles. The number of hydrogen-bond donors (Lipinski definition) is 1. The Balaban J connectivity index is 1.93. The SMILES string of the molecule is CC(C)CCN(CC(=O)Nc1ccccc1OC(F)F)C1CC1. The minimum absolute atomic E-state index is 0.0176. The molecule has 0 unspecified atom stereocenters. The van der Waals surface area contributed by atoms with Crippen molar-refractivity contribution in [3.05, 3.63) is 24.3 Å². The number of amides is 1. The van der Waals surface area contributed by atoms with Crippen LogP contribution < -0.4 is 10.1 Å². The van der Waals surface area contributed by atoms with Gasteiger partial charge in [-0.2, -0.15) is 8.78 Å². The number of ether oxygens (including phenoxy) is 1. The van der Waals surface area contributed by atoms with Crippen molar-refractivity contribution in [3.8, 4) is 5.75 Å². The number of alkyl halides is 2. The van der Waals surface area contributed by atoms with Gasteiger partial charge in [-0.1, -0.05) is 26.0 Å². The number of nitrogens with one attached hydrogen (secondary N) is 1. The van der Waals surface area contributed by atoms with Gasteiger partial charge in [-0.3, -0.25) is 9.69 Å². The standard InChI is InChI=1S/C17H24F2N2O2/c1-12(2)9-10-21(13-7-8-13)11-16(22)20-14-5-3-4-6-15(14)23-17(18)19/h3-6,12-13,17H,7-11H2,1-2H3,(H,20,22). The molecule has 0 aliphatic heterocycles. The van der Waals surface area contributed by atoms with E-state index >= 15 is 0 Å². The predicted octanol–water partition coefficient (Wildman–Crippen LogP) is 3.74. The van der Waals surface area contributed by atoms with Gasteiger partial charge in [0.25, 0.3) is 0 Å². The summed E-state index contributed by atoms with van der Waals surface area (Å²) >= 11 is 0. The fraction of sp³-hybridized carbons (Fsp3) is 0.588. The van der Waals surface area contributed by atoms with E-state index in [1.165, 1.54) is 6.07 Å². The molecule has 1 N–H and O–H groups in total. The van der Waals surface area contributed by atoms with E-state index in [9.17, 15) is 13.6 Å². The molecular weight excluding hydrogens is 302 g/mol. The fourth-order valence-corrected chi connectivity index (χ4v) is 2.40. The van der Waals surface area contributed by atoms with Crippen LogP contribution in [0.2, 0.25) is 0 Å². The van der Waals surface area contributed by atoms with Gasteiger partial charge in [-0.15, -0.1) is 0 Å². The highest BCUT2D eigenvalue weighted by Crippen LogP contribution is 2.28. The summed E-state index contributed by atoms with van der Waals surface area (Å²) in [5.74, 6) is 0.362. The Labute approximate surface area is 135 Å². The van der Waals surface area contributed by atoms with Crippen LogP contribution in [0.15, 0.2) is 24.3 Å². The second-order valence-electron chi connectivity index (χ2n) is 6.31. The molecule has 0 atom stereocenters. The lowest BCUT2D eigenvalue weighted by Crippen LogP contribution is -2.36. The lowest BCUT2D eigenvalue weighted by atomic mass is 10.1. The third kappa shape index (κ3) is 6.14. The van der Waals surface area contributed by atoms with Crippen molar-refractivity contribution < 1.29 is 18.3 Å². The highest BCUT2D eigenvalue weighted by molar-refractivity contribution is 5.93. The molecule has 1 amide bonds. The number of carbonyl (C=O) groups is 1. The first kappa shape index (κ1) is 17.7. The molecule has 23 heavy (non-hydrogen) atoms. The molecule has 4 nitrogen and oxygen atoms in total. The number of carbonyl (C=O) groups excluding carboxylic acids is 1. The first-order valence-corrected chi connectivity index (χ1v) is 8.03. The highest BCUT2D eigenvalue weighted by Gasteiger charge is 2.30. The highest BCUT2D eigenvalue weighted by atomic mass is 19.3. The van der Waals surface area contributed by atoms with Gasteiger partial charge in [0, 0.05) is 6.04 Å². The van der Waals surface area contributed by atoms with E-state index in [1.54, 1.807) is 18.2 Å². The number of halogens is 2. The zero-order valence-electron chi connectivity index (χ0n) is 13.6. The van der Waals surface area contributed by atoms with Crippen molar-refractivity contribution in [1.29, 1.82) is 0 Å². The summed E-state index contributed by atoms with van der Waals surface area (Å²) in [6.45, 7) is 2.55. The second-order valence-corrected chi connectivity index (χ2v) is 6.31. The van der Waals surface area contributed by atoms with E-state index in [1.807, 2.05) is 0 Å². The number of hydrogen-bond acceptors (Lipinski definition) is 3. The van der Waals surface area contributed by atoms with Crippen LogP contribution in [0, 0.1) is 5.92 Å². The molecule has 2 rings (SSSR count). The maximum atomic E-state index is 12.4. The Morgan fingerprint density at radius 2 is 2.04 bits per heavy atom. The summed E-state index contributed by atoms with van der Waals surface area (Å²) in [5, 5.41) is 2.68. The van der Waals surface area contributed by atoms with Crippen molar-refractivity contribution in [2.75, 3.05) is 18.4 Å². The molecule has 0 bridgehead atoms. The van der Waals surface area contributed by atoms with Gasteiger partial charge in [0.2, 0.25) is 5.91 Å². The van der Waals surface area contributed by atoms with Crippen LogP contribution in [0.1, 0.15) is 33.1 Å². The smallest absolute Gasteiger partial charge is 0.387 e. The minimum atomic E-state index is -2.91. The second kappa shape index (κ2) is 8.24. The molecule has 1 saturated carbocycles. The predicted molar refractivity (Wildman–Crippen MR) is 85.8 cm³/mol. The maximum Gasteiger partial charge on any atom is 0.387 e. The molecule has 128 valence electrons. The monoisotopic (exact) mass is 326 g/mol. The van der Waals surface area contributed by atoms with Crippen molar-refractivity contribution in [3.63, 3.8) is 0 Å². The van der Waals surface area contributed by atoms with Crippen molar-refractivity contribution in [2.45, 2.75) is 45.8 Å². The fourth-order valence-electron chi connectivity index (χ4n) is 2.40. The quantitative estimate of drug-likeness (QED) is 0.752. The molecule has 1 aliphatic carbocycles. The Bertz CT molecular complexity index is 519. The van der Waals surface area contributed by atoms with Gasteiger partial charge in [-0.05, 0) is 43.9 Å². The van der Waals surface area contributed by atoms with Gasteiger partial charge in [0.1, 0.15) is 5.75 Å². The van der Waals surface area contributed by atoms with Gasteiger partial charge >= 0.3 is 6.61 Å². The lowest BCUT2D eigenvalue weighted by Gasteiger charge is -2.22. The molecule has 6 heteroatoms. The summed E-state index contributed by atoms with van der Waals surface area (Å²) in [5.41, 5.74) is 0.275. The first-order chi connectivity index (χ1) is 11.0. The first-order valence-electron chi connectivity index (χ1n) is 8.03. The summed E-state index contributed by atoms with van der Waals surface area (Å²) in [6.07, 6.45) is 3.28. The van der Waals surface area contributed by atoms with Gasteiger partial charge in [0.05, 0.1) is 12.2 Å². The van der Waals surface area contributed by atoms with E-state index in [0.29, 0.717) is 12.0 Å². The van der Waals surface area contributed by atoms with E-state index in [2.05, 4.69) is 28.8 Å². The van der Waals surface area contributed by atoms with Gasteiger partial charge in [0.15, 0.2) is 0 Å². The van der Waals surface area contributed by atoms with Crippen molar-refractivity contribution in [1.82, 2.24) is 4.90 Å². The Hall–Kier alpha value is -1.69. The third-order valence-corrected chi connectivity index (χ3v) is 3.78. The molecule has 0 spiro atoms. The topological polar surface area (TPSA) is 41.6 Å². The number of anilines is 1. The summed E-state index contributed by atoms with van der Waals surface area (Å²) in [4.78, 5) is 14.4. The molecule has 0 aromatic heterocycles. The average Bonchev–Trinajstić information content (AvgIpc) is 3.29. The third-order valence-electron chi connectivity index (χ3n) is 3.78. The van der Waals surface area contributed by atoms with E-state index in [0.717, 1.165) is 25.8 Å². The van der Waals surface area contributed by atoms with Crippen LogP contribution in [-0.2, 0) is 4.79 Å². The average molecular weight is 326 g/mol. The number of nitrogens with zero attached hydrogens (tertiary/aromatic N) is 1. The van der Waals surface area contributed by atoms with Crippen LogP contribution in [0.25, 0.3) is 0 Å². The van der Waals surface area contributed by atoms with E-state index in [-0.39, 0.29) is 23.9 Å². The lowest BCUT2D eigenvalue weighted by molar-refractivity contribution is -0.117. The van der Waals surface area contributed by atoms with Crippen LogP contribution in [0.3, 0.4) is 0 Å². The minimum Gasteiger partial charge on any atom is -0.433 e. The maximum absolute atomic E-state index is 12.4. The summed E-state index contributed by atoms with van der Waals surface area (Å²) in [6, 6.07) is 6.72. The Morgan fingerprint density at radius 1 is 1.35 bits per heavy atom. The van der Waals surface area contributed by atoms with Crippen molar-refractivity contribution in [2.24, 2.45) is 5.92 Å². The molecule has 0 heterocycles. The summed E-state index contributed by atoms with van der Waals surface area (Å²) < 4.78 is 29.2. The molecule has 0 saturated heterocycles.